The number of pyridine rings is 1. The molecule has 178 valence electrons. The first-order chi connectivity index (χ1) is 15.9. The first-order valence-electron chi connectivity index (χ1n) is 11.6. The van der Waals surface area contributed by atoms with E-state index in [2.05, 4.69) is 15.2 Å². The van der Waals surface area contributed by atoms with Gasteiger partial charge in [0.1, 0.15) is 5.82 Å². The van der Waals surface area contributed by atoms with Gasteiger partial charge in [0.2, 0.25) is 15.9 Å². The van der Waals surface area contributed by atoms with Crippen LogP contribution in [0.25, 0.3) is 0 Å². The van der Waals surface area contributed by atoms with Crippen molar-refractivity contribution in [3.05, 3.63) is 60.2 Å². The molecule has 0 radical (unpaired) electrons. The summed E-state index contributed by atoms with van der Waals surface area (Å²) in [5.41, 5.74) is 1.07. The van der Waals surface area contributed by atoms with Crippen molar-refractivity contribution in [3.8, 4) is 0 Å². The van der Waals surface area contributed by atoms with Gasteiger partial charge in [0.15, 0.2) is 0 Å². The van der Waals surface area contributed by atoms with Gasteiger partial charge in [0.05, 0.1) is 10.8 Å². The quantitative estimate of drug-likeness (QED) is 0.737. The zero-order valence-corrected chi connectivity index (χ0v) is 19.5. The molecule has 1 amide bonds. The number of benzene rings is 1. The minimum atomic E-state index is -3.87. The lowest BCUT2D eigenvalue weighted by molar-refractivity contribution is -0.129. The molecule has 7 nitrogen and oxygen atoms in total. The molecule has 4 rings (SSSR count). The Labute approximate surface area is 195 Å². The maximum atomic E-state index is 13.8. The fraction of sp³-hybridized carbons (Fsp3) is 0.500. The number of amides is 1. The van der Waals surface area contributed by atoms with Crippen molar-refractivity contribution in [2.24, 2.45) is 5.92 Å². The molecule has 3 heterocycles. The van der Waals surface area contributed by atoms with E-state index in [1.165, 1.54) is 22.5 Å². The Morgan fingerprint density at radius 3 is 2.64 bits per heavy atom. The molecule has 9 heteroatoms. The van der Waals surface area contributed by atoms with Gasteiger partial charge in [0.25, 0.3) is 0 Å². The predicted molar refractivity (Wildman–Crippen MR) is 123 cm³/mol. The van der Waals surface area contributed by atoms with Crippen molar-refractivity contribution < 1.29 is 17.6 Å². The fourth-order valence-electron chi connectivity index (χ4n) is 4.79. The number of nitrogens with one attached hydrogen (secondary N) is 1. The molecule has 1 aromatic heterocycles. The highest BCUT2D eigenvalue weighted by Crippen LogP contribution is 2.29. The summed E-state index contributed by atoms with van der Waals surface area (Å²) in [6.07, 6.45) is 7.97. The minimum absolute atomic E-state index is 0.00979. The number of aromatic nitrogens is 1. The highest BCUT2D eigenvalue weighted by Gasteiger charge is 2.41. The lowest BCUT2D eigenvalue weighted by atomic mass is 9.90. The average Bonchev–Trinajstić information content (AvgIpc) is 2.85. The van der Waals surface area contributed by atoms with E-state index in [1.54, 1.807) is 12.4 Å². The van der Waals surface area contributed by atoms with E-state index < -0.39 is 15.8 Å². The van der Waals surface area contributed by atoms with Crippen molar-refractivity contribution in [1.82, 2.24) is 19.5 Å². The number of hydrogen-bond donors (Lipinski definition) is 1. The topological polar surface area (TPSA) is 82.6 Å². The number of hydrogen-bond acceptors (Lipinski definition) is 5. The lowest BCUT2D eigenvalue weighted by Gasteiger charge is -2.43. The Hall–Kier alpha value is -2.36. The monoisotopic (exact) mass is 474 g/mol. The second-order valence-corrected chi connectivity index (χ2v) is 10.8. The van der Waals surface area contributed by atoms with Crippen LogP contribution < -0.4 is 5.32 Å². The Morgan fingerprint density at radius 1 is 1.06 bits per heavy atom. The standard InChI is InChI=1S/C24H31FN4O3S/c25-20-6-5-7-21(16-20)33(31,32)29-15-10-22-23(18-29)28(17-19-8-12-26-13-9-19)14-4-2-1-3-11-27-24(22)30/h5-9,12-13,16,22-23H,1-4,10-11,14-15,17-18H2,(H,27,30). The molecule has 2 fully saturated rings. The van der Waals surface area contributed by atoms with Gasteiger partial charge in [-0.15, -0.1) is 0 Å². The van der Waals surface area contributed by atoms with E-state index >= 15 is 0 Å². The molecule has 2 aliphatic heterocycles. The van der Waals surface area contributed by atoms with Crippen molar-refractivity contribution in [2.45, 2.75) is 49.6 Å². The first-order valence-corrected chi connectivity index (χ1v) is 13.1. The van der Waals surface area contributed by atoms with Crippen LogP contribution in [0.15, 0.2) is 53.7 Å². The molecule has 2 atom stereocenters. The molecule has 1 N–H and O–H groups in total. The van der Waals surface area contributed by atoms with Gasteiger partial charge in [0, 0.05) is 44.6 Å². The van der Waals surface area contributed by atoms with Crippen molar-refractivity contribution in [2.75, 3.05) is 26.2 Å². The predicted octanol–water partition coefficient (Wildman–Crippen LogP) is 2.79. The summed E-state index contributed by atoms with van der Waals surface area (Å²) in [5, 5.41) is 3.06. The van der Waals surface area contributed by atoms with E-state index in [0.717, 1.165) is 43.9 Å². The van der Waals surface area contributed by atoms with Gasteiger partial charge in [-0.25, -0.2) is 12.8 Å². The molecule has 0 bridgehead atoms. The summed E-state index contributed by atoms with van der Waals surface area (Å²) in [7, 11) is -3.87. The number of sulfonamides is 1. The summed E-state index contributed by atoms with van der Waals surface area (Å²) in [6, 6.07) is 8.74. The second kappa shape index (κ2) is 10.7. The molecule has 2 aromatic rings. The average molecular weight is 475 g/mol. The van der Waals surface area contributed by atoms with Crippen LogP contribution in [-0.4, -0.2) is 60.7 Å². The van der Waals surface area contributed by atoms with Gasteiger partial charge in [-0.3, -0.25) is 14.7 Å². The van der Waals surface area contributed by atoms with Crippen molar-refractivity contribution >= 4 is 15.9 Å². The zero-order chi connectivity index (χ0) is 23.3. The SMILES string of the molecule is O=C1NCCCCCCN(Cc2ccncc2)C2CN(S(=O)(=O)c3cccc(F)c3)CCC12. The Balaban J connectivity index is 1.64. The van der Waals surface area contributed by atoms with Crippen molar-refractivity contribution in [3.63, 3.8) is 0 Å². The summed E-state index contributed by atoms with van der Waals surface area (Å²) >= 11 is 0. The van der Waals surface area contributed by atoms with Gasteiger partial charge < -0.3 is 5.32 Å². The molecule has 33 heavy (non-hydrogen) atoms. The smallest absolute Gasteiger partial charge is 0.243 e. The summed E-state index contributed by atoms with van der Waals surface area (Å²) in [4.78, 5) is 19.4. The fourth-order valence-corrected chi connectivity index (χ4v) is 6.30. The Morgan fingerprint density at radius 2 is 1.85 bits per heavy atom. The molecule has 0 saturated carbocycles. The molecule has 2 unspecified atom stereocenters. The van der Waals surface area contributed by atoms with E-state index in [0.29, 0.717) is 19.5 Å². The van der Waals surface area contributed by atoms with Gasteiger partial charge in [-0.2, -0.15) is 4.31 Å². The molecular formula is C24H31FN4O3S. The second-order valence-electron chi connectivity index (χ2n) is 8.81. The van der Waals surface area contributed by atoms with Crippen LogP contribution in [0.1, 0.15) is 37.7 Å². The molecule has 0 spiro atoms. The summed E-state index contributed by atoms with van der Waals surface area (Å²) in [5.74, 6) is -0.895. The number of piperidine rings is 1. The van der Waals surface area contributed by atoms with Crippen LogP contribution >= 0.6 is 0 Å². The van der Waals surface area contributed by atoms with Crippen LogP contribution in [0.4, 0.5) is 4.39 Å². The molecule has 0 aliphatic carbocycles. The number of fused-ring (bicyclic) bond motifs is 1. The van der Waals surface area contributed by atoms with Gasteiger partial charge in [-0.05, 0) is 61.7 Å². The normalized spacial score (nSPS) is 23.8. The lowest BCUT2D eigenvalue weighted by Crippen LogP contribution is -2.57. The summed E-state index contributed by atoms with van der Waals surface area (Å²) in [6.45, 7) is 2.48. The van der Waals surface area contributed by atoms with Crippen LogP contribution in [0.5, 0.6) is 0 Å². The maximum Gasteiger partial charge on any atom is 0.243 e. The molecule has 2 aliphatic rings. The molecule has 1 aromatic carbocycles. The number of carbonyl (C=O) groups excluding carboxylic acids is 1. The van der Waals surface area contributed by atoms with Crippen LogP contribution in [0.2, 0.25) is 0 Å². The molecular weight excluding hydrogens is 443 g/mol. The number of rotatable bonds is 4. The Bertz CT molecular complexity index is 1050. The van der Waals surface area contributed by atoms with Gasteiger partial charge >= 0.3 is 0 Å². The zero-order valence-electron chi connectivity index (χ0n) is 18.7. The molecule has 2 saturated heterocycles. The maximum absolute atomic E-state index is 13.8. The van der Waals surface area contributed by atoms with E-state index in [-0.39, 0.29) is 35.9 Å². The van der Waals surface area contributed by atoms with E-state index in [9.17, 15) is 17.6 Å². The largest absolute Gasteiger partial charge is 0.356 e. The third kappa shape index (κ3) is 5.77. The van der Waals surface area contributed by atoms with E-state index in [4.69, 9.17) is 0 Å². The third-order valence-corrected chi connectivity index (χ3v) is 8.45. The van der Waals surface area contributed by atoms with Gasteiger partial charge in [-0.1, -0.05) is 18.9 Å². The summed E-state index contributed by atoms with van der Waals surface area (Å²) < 4.78 is 41.8. The highest BCUT2D eigenvalue weighted by atomic mass is 32.2. The van der Waals surface area contributed by atoms with Crippen LogP contribution in [-0.2, 0) is 21.4 Å². The minimum Gasteiger partial charge on any atom is -0.356 e. The van der Waals surface area contributed by atoms with Crippen molar-refractivity contribution in [1.29, 1.82) is 0 Å². The van der Waals surface area contributed by atoms with Crippen LogP contribution in [0.3, 0.4) is 0 Å². The van der Waals surface area contributed by atoms with E-state index in [1.807, 2.05) is 12.1 Å². The Kier molecular flexibility index (Phi) is 7.72. The highest BCUT2D eigenvalue weighted by molar-refractivity contribution is 7.89. The number of carbonyl (C=O) groups is 1. The number of nitrogens with zero attached hydrogens (tertiary/aromatic N) is 3. The third-order valence-electron chi connectivity index (χ3n) is 6.59. The first kappa shape index (κ1) is 23.8. The van der Waals surface area contributed by atoms with Crippen LogP contribution in [0, 0.1) is 11.7 Å². The number of halogens is 1.